The number of carbonyl (C=O) groups excluding carboxylic acids is 1. The molecule has 1 aliphatic heterocycles. The zero-order valence-electron chi connectivity index (χ0n) is 10.9. The van der Waals surface area contributed by atoms with E-state index in [4.69, 9.17) is 10.8 Å². The van der Waals surface area contributed by atoms with Crippen LogP contribution in [0.2, 0.25) is 0 Å². The maximum Gasteiger partial charge on any atom is 0.305 e. The van der Waals surface area contributed by atoms with E-state index in [1.54, 1.807) is 17.0 Å². The number of carboxylic acid groups (broad SMARTS) is 1. The number of benzene rings is 1. The Morgan fingerprint density at radius 1 is 1.47 bits per heavy atom. The van der Waals surface area contributed by atoms with Crippen LogP contribution in [0.25, 0.3) is 0 Å². The van der Waals surface area contributed by atoms with Gasteiger partial charge in [0.05, 0.1) is 6.42 Å². The van der Waals surface area contributed by atoms with Crippen LogP contribution in [0.15, 0.2) is 18.2 Å². The highest BCUT2D eigenvalue weighted by atomic mass is 16.4. The molecule has 1 aromatic carbocycles. The molecule has 1 unspecified atom stereocenters. The molecular formula is C14H18N2O3. The molecular weight excluding hydrogens is 244 g/mol. The quantitative estimate of drug-likeness (QED) is 0.811. The summed E-state index contributed by atoms with van der Waals surface area (Å²) >= 11 is 0. The third-order valence-corrected chi connectivity index (χ3v) is 3.57. The average molecular weight is 262 g/mol. The van der Waals surface area contributed by atoms with Crippen LogP contribution >= 0.6 is 0 Å². The molecule has 0 radical (unpaired) electrons. The van der Waals surface area contributed by atoms with Gasteiger partial charge in [-0.2, -0.15) is 0 Å². The van der Waals surface area contributed by atoms with Gasteiger partial charge in [-0.3, -0.25) is 9.59 Å². The van der Waals surface area contributed by atoms with Crippen molar-refractivity contribution in [1.82, 2.24) is 4.90 Å². The van der Waals surface area contributed by atoms with Crippen LogP contribution in [0.3, 0.4) is 0 Å². The van der Waals surface area contributed by atoms with E-state index >= 15 is 0 Å². The number of aliphatic carboxylic acids is 1. The fraction of sp³-hybridized carbons (Fsp3) is 0.429. The SMILES string of the molecule is Cc1ccc(C(=O)N2CCCC2CC(=O)O)cc1N. The third-order valence-electron chi connectivity index (χ3n) is 3.57. The number of carboxylic acids is 1. The molecule has 1 fully saturated rings. The monoisotopic (exact) mass is 262 g/mol. The molecule has 0 aliphatic carbocycles. The summed E-state index contributed by atoms with van der Waals surface area (Å²) in [5, 5.41) is 8.87. The Hall–Kier alpha value is -2.04. The molecule has 1 amide bonds. The largest absolute Gasteiger partial charge is 0.481 e. The van der Waals surface area contributed by atoms with Crippen molar-refractivity contribution >= 4 is 17.6 Å². The summed E-state index contributed by atoms with van der Waals surface area (Å²) in [6.45, 7) is 2.50. The van der Waals surface area contributed by atoms with E-state index in [9.17, 15) is 9.59 Å². The van der Waals surface area contributed by atoms with Crippen molar-refractivity contribution < 1.29 is 14.7 Å². The van der Waals surface area contributed by atoms with Crippen LogP contribution in [0.4, 0.5) is 5.69 Å². The Labute approximate surface area is 112 Å². The molecule has 1 aromatic rings. The highest BCUT2D eigenvalue weighted by Crippen LogP contribution is 2.23. The van der Waals surface area contributed by atoms with Crippen molar-refractivity contribution in [2.75, 3.05) is 12.3 Å². The molecule has 0 saturated carbocycles. The molecule has 102 valence electrons. The van der Waals surface area contributed by atoms with Crippen LogP contribution in [-0.2, 0) is 4.79 Å². The van der Waals surface area contributed by atoms with E-state index in [2.05, 4.69) is 0 Å². The lowest BCUT2D eigenvalue weighted by atomic mass is 10.1. The summed E-state index contributed by atoms with van der Waals surface area (Å²) in [5.74, 6) is -0.997. The van der Waals surface area contributed by atoms with E-state index in [-0.39, 0.29) is 18.4 Å². The van der Waals surface area contributed by atoms with Crippen molar-refractivity contribution in [2.45, 2.75) is 32.2 Å². The standard InChI is InChI=1S/C14H18N2O3/c1-9-4-5-10(7-12(9)15)14(19)16-6-2-3-11(16)8-13(17)18/h4-5,7,11H,2-3,6,8,15H2,1H3,(H,17,18). The van der Waals surface area contributed by atoms with Crippen molar-refractivity contribution in [2.24, 2.45) is 0 Å². The number of aryl methyl sites for hydroxylation is 1. The number of amides is 1. The molecule has 3 N–H and O–H groups in total. The topological polar surface area (TPSA) is 83.6 Å². The minimum Gasteiger partial charge on any atom is -0.481 e. The molecule has 0 aromatic heterocycles. The molecule has 1 aliphatic rings. The lowest BCUT2D eigenvalue weighted by Gasteiger charge is -2.23. The molecule has 5 nitrogen and oxygen atoms in total. The van der Waals surface area contributed by atoms with Gasteiger partial charge < -0.3 is 15.7 Å². The highest BCUT2D eigenvalue weighted by Gasteiger charge is 2.30. The Bertz CT molecular complexity index is 513. The number of nitrogens with two attached hydrogens (primary N) is 1. The van der Waals surface area contributed by atoms with Gasteiger partial charge in [-0.1, -0.05) is 6.07 Å². The molecule has 1 saturated heterocycles. The average Bonchev–Trinajstić information content (AvgIpc) is 2.79. The van der Waals surface area contributed by atoms with Gasteiger partial charge in [0.25, 0.3) is 5.91 Å². The van der Waals surface area contributed by atoms with Crippen molar-refractivity contribution in [1.29, 1.82) is 0 Å². The van der Waals surface area contributed by atoms with Gasteiger partial charge in [-0.25, -0.2) is 0 Å². The zero-order chi connectivity index (χ0) is 14.0. The minimum absolute atomic E-state index is 0.00703. The molecule has 5 heteroatoms. The summed E-state index contributed by atoms with van der Waals surface area (Å²) in [5.41, 5.74) is 7.85. The molecule has 19 heavy (non-hydrogen) atoms. The van der Waals surface area contributed by atoms with Crippen LogP contribution in [0.1, 0.15) is 35.2 Å². The van der Waals surface area contributed by atoms with Crippen molar-refractivity contribution in [3.8, 4) is 0 Å². The summed E-state index contributed by atoms with van der Waals surface area (Å²) in [6.07, 6.45) is 1.61. The number of hydrogen-bond acceptors (Lipinski definition) is 3. The van der Waals surface area contributed by atoms with Gasteiger partial charge in [0.2, 0.25) is 0 Å². The van der Waals surface area contributed by atoms with Crippen LogP contribution in [0, 0.1) is 6.92 Å². The Balaban J connectivity index is 2.18. The summed E-state index contributed by atoms with van der Waals surface area (Å²) in [7, 11) is 0. The number of anilines is 1. The summed E-state index contributed by atoms with van der Waals surface area (Å²) in [4.78, 5) is 24.8. The minimum atomic E-state index is -0.867. The van der Waals surface area contributed by atoms with Gasteiger partial charge in [-0.05, 0) is 37.5 Å². The second-order valence-corrected chi connectivity index (χ2v) is 4.96. The van der Waals surface area contributed by atoms with E-state index in [0.717, 1.165) is 18.4 Å². The lowest BCUT2D eigenvalue weighted by molar-refractivity contribution is -0.137. The van der Waals surface area contributed by atoms with Crippen molar-refractivity contribution in [3.05, 3.63) is 29.3 Å². The normalized spacial score (nSPS) is 18.6. The van der Waals surface area contributed by atoms with Crippen LogP contribution in [-0.4, -0.2) is 34.5 Å². The first-order valence-corrected chi connectivity index (χ1v) is 6.38. The van der Waals surface area contributed by atoms with Gasteiger partial charge >= 0.3 is 5.97 Å². The number of hydrogen-bond donors (Lipinski definition) is 2. The second-order valence-electron chi connectivity index (χ2n) is 4.96. The summed E-state index contributed by atoms with van der Waals surface area (Å²) in [6, 6.07) is 5.01. The van der Waals surface area contributed by atoms with Crippen LogP contribution in [0.5, 0.6) is 0 Å². The highest BCUT2D eigenvalue weighted by molar-refractivity contribution is 5.95. The number of rotatable bonds is 3. The first-order chi connectivity index (χ1) is 8.99. The number of nitrogens with zero attached hydrogens (tertiary/aromatic N) is 1. The molecule has 0 spiro atoms. The summed E-state index contributed by atoms with van der Waals surface area (Å²) < 4.78 is 0. The predicted octanol–water partition coefficient (Wildman–Crippen LogP) is 1.66. The molecule has 1 heterocycles. The van der Waals surface area contributed by atoms with Gasteiger partial charge in [0, 0.05) is 23.8 Å². The van der Waals surface area contributed by atoms with E-state index < -0.39 is 5.97 Å². The predicted molar refractivity (Wildman–Crippen MR) is 71.9 cm³/mol. The molecule has 2 rings (SSSR count). The number of likely N-dealkylation sites (tertiary alicyclic amines) is 1. The number of nitrogen functional groups attached to an aromatic ring is 1. The fourth-order valence-electron chi connectivity index (χ4n) is 2.46. The fourth-order valence-corrected chi connectivity index (χ4v) is 2.46. The Morgan fingerprint density at radius 3 is 2.84 bits per heavy atom. The van der Waals surface area contributed by atoms with E-state index in [0.29, 0.717) is 17.8 Å². The third kappa shape index (κ3) is 2.86. The first kappa shape index (κ1) is 13.4. The maximum atomic E-state index is 12.4. The zero-order valence-corrected chi connectivity index (χ0v) is 10.9. The number of carbonyl (C=O) groups is 2. The Morgan fingerprint density at radius 2 is 2.21 bits per heavy atom. The maximum absolute atomic E-state index is 12.4. The van der Waals surface area contributed by atoms with E-state index in [1.807, 2.05) is 13.0 Å². The Kier molecular flexibility index (Phi) is 3.74. The van der Waals surface area contributed by atoms with Gasteiger partial charge in [-0.15, -0.1) is 0 Å². The van der Waals surface area contributed by atoms with Crippen LogP contribution < -0.4 is 5.73 Å². The van der Waals surface area contributed by atoms with E-state index in [1.165, 1.54) is 0 Å². The smallest absolute Gasteiger partial charge is 0.305 e. The first-order valence-electron chi connectivity index (χ1n) is 6.38. The molecule has 1 atom stereocenters. The van der Waals surface area contributed by atoms with Crippen molar-refractivity contribution in [3.63, 3.8) is 0 Å². The van der Waals surface area contributed by atoms with Gasteiger partial charge in [0.1, 0.15) is 0 Å². The molecule has 0 bridgehead atoms. The lowest BCUT2D eigenvalue weighted by Crippen LogP contribution is -2.36. The second kappa shape index (κ2) is 5.30. The van der Waals surface area contributed by atoms with Gasteiger partial charge in [0.15, 0.2) is 0 Å².